The van der Waals surface area contributed by atoms with Crippen LogP contribution in [0.2, 0.25) is 5.02 Å². The largest absolute Gasteiger partial charge is 0.272 e. The van der Waals surface area contributed by atoms with Crippen molar-refractivity contribution in [2.75, 3.05) is 6.54 Å². The summed E-state index contributed by atoms with van der Waals surface area (Å²) in [5, 5.41) is 3.76. The lowest BCUT2D eigenvalue weighted by atomic mass is 10.2. The van der Waals surface area contributed by atoms with E-state index in [2.05, 4.69) is 10.5 Å². The van der Waals surface area contributed by atoms with Crippen molar-refractivity contribution in [3.8, 4) is 0 Å². The van der Waals surface area contributed by atoms with Gasteiger partial charge in [0.15, 0.2) is 0 Å². The van der Waals surface area contributed by atoms with Gasteiger partial charge >= 0.3 is 0 Å². The number of hydrogen-bond acceptors (Lipinski definition) is 4. The second-order valence-corrected chi connectivity index (χ2v) is 9.48. The molecule has 3 aromatic rings. The molecule has 6 nitrogen and oxygen atoms in total. The van der Waals surface area contributed by atoms with Gasteiger partial charge in [-0.25, -0.2) is 22.6 Å². The molecule has 0 unspecified atom stereocenters. The highest BCUT2D eigenvalue weighted by molar-refractivity contribution is 7.89. The zero-order chi connectivity index (χ0) is 24.0. The Kier molecular flexibility index (Phi) is 7.91. The first-order chi connectivity index (χ1) is 15.7. The summed E-state index contributed by atoms with van der Waals surface area (Å²) in [6, 6.07) is 15.5. The minimum atomic E-state index is -4.18. The van der Waals surface area contributed by atoms with Crippen molar-refractivity contribution < 1.29 is 22.0 Å². The van der Waals surface area contributed by atoms with Crippen LogP contribution in [-0.4, -0.2) is 31.4 Å². The topological polar surface area (TPSA) is 78.8 Å². The van der Waals surface area contributed by atoms with E-state index in [1.807, 2.05) is 0 Å². The molecule has 3 aromatic carbocycles. The van der Waals surface area contributed by atoms with Gasteiger partial charge in [-0.1, -0.05) is 47.5 Å². The van der Waals surface area contributed by atoms with Gasteiger partial charge in [0.2, 0.25) is 10.0 Å². The molecule has 0 heterocycles. The van der Waals surface area contributed by atoms with Crippen LogP contribution >= 0.6 is 11.6 Å². The second kappa shape index (κ2) is 10.7. The van der Waals surface area contributed by atoms with Crippen molar-refractivity contribution in [2.24, 2.45) is 5.10 Å². The SMILES string of the molecule is Cc1ccc(S(=O)(=O)N(CC(=O)N/N=C\c2cccc(F)c2)Cc2c(F)cccc2Cl)cc1. The molecule has 172 valence electrons. The number of amides is 1. The van der Waals surface area contributed by atoms with Crippen molar-refractivity contribution in [3.63, 3.8) is 0 Å². The van der Waals surface area contributed by atoms with Crippen molar-refractivity contribution >= 4 is 33.7 Å². The predicted molar refractivity (Wildman–Crippen MR) is 122 cm³/mol. The molecule has 0 bridgehead atoms. The van der Waals surface area contributed by atoms with Crippen LogP contribution in [-0.2, 0) is 21.4 Å². The number of sulfonamides is 1. The molecule has 1 amide bonds. The number of nitrogens with zero attached hydrogens (tertiary/aromatic N) is 2. The molecule has 0 aliphatic rings. The van der Waals surface area contributed by atoms with Gasteiger partial charge in [-0.15, -0.1) is 0 Å². The maximum atomic E-state index is 14.4. The van der Waals surface area contributed by atoms with E-state index in [4.69, 9.17) is 11.6 Å². The lowest BCUT2D eigenvalue weighted by Crippen LogP contribution is -2.39. The Morgan fingerprint density at radius 2 is 1.79 bits per heavy atom. The maximum absolute atomic E-state index is 14.4. The normalized spacial score (nSPS) is 11.8. The summed E-state index contributed by atoms with van der Waals surface area (Å²) in [7, 11) is -4.18. The number of carbonyl (C=O) groups excluding carboxylic acids is 1. The lowest BCUT2D eigenvalue weighted by Gasteiger charge is -2.22. The number of halogens is 3. The van der Waals surface area contributed by atoms with Crippen molar-refractivity contribution in [1.82, 2.24) is 9.73 Å². The molecular formula is C23H20ClF2N3O3S. The van der Waals surface area contributed by atoms with Crippen LogP contribution in [0.1, 0.15) is 16.7 Å². The molecule has 0 saturated heterocycles. The number of rotatable bonds is 8. The Bertz CT molecular complexity index is 1260. The van der Waals surface area contributed by atoms with Crippen LogP contribution in [0.15, 0.2) is 76.7 Å². The number of benzene rings is 3. The zero-order valence-electron chi connectivity index (χ0n) is 17.5. The summed E-state index contributed by atoms with van der Waals surface area (Å²) in [4.78, 5) is 12.4. The van der Waals surface area contributed by atoms with Crippen molar-refractivity contribution in [3.05, 3.63) is 100 Å². The summed E-state index contributed by atoms with van der Waals surface area (Å²) in [5.74, 6) is -1.94. The number of hydrazone groups is 1. The third-order valence-electron chi connectivity index (χ3n) is 4.63. The van der Waals surface area contributed by atoms with E-state index >= 15 is 0 Å². The van der Waals surface area contributed by atoms with Gasteiger partial charge < -0.3 is 0 Å². The van der Waals surface area contributed by atoms with E-state index in [9.17, 15) is 22.0 Å². The highest BCUT2D eigenvalue weighted by Gasteiger charge is 2.28. The minimum Gasteiger partial charge on any atom is -0.272 e. The second-order valence-electron chi connectivity index (χ2n) is 7.13. The van der Waals surface area contributed by atoms with E-state index in [-0.39, 0.29) is 15.5 Å². The van der Waals surface area contributed by atoms with E-state index < -0.39 is 40.7 Å². The molecule has 0 spiro atoms. The summed E-state index contributed by atoms with van der Waals surface area (Å²) in [5.41, 5.74) is 3.39. The van der Waals surface area contributed by atoms with E-state index in [1.165, 1.54) is 48.7 Å². The molecule has 0 saturated carbocycles. The molecule has 0 aliphatic heterocycles. The first-order valence-corrected chi connectivity index (χ1v) is 11.6. The predicted octanol–water partition coefficient (Wildman–Crippen LogP) is 4.27. The molecule has 0 aromatic heterocycles. The molecule has 33 heavy (non-hydrogen) atoms. The molecule has 0 aliphatic carbocycles. The maximum Gasteiger partial charge on any atom is 0.255 e. The Hall–Kier alpha value is -3.14. The van der Waals surface area contributed by atoms with E-state index in [1.54, 1.807) is 25.1 Å². The van der Waals surface area contributed by atoms with E-state index in [0.717, 1.165) is 15.9 Å². The van der Waals surface area contributed by atoms with Gasteiger partial charge in [-0.05, 0) is 48.9 Å². The third kappa shape index (κ3) is 6.44. The third-order valence-corrected chi connectivity index (χ3v) is 6.79. The van der Waals surface area contributed by atoms with Crippen LogP contribution in [0, 0.1) is 18.6 Å². The molecule has 10 heteroatoms. The van der Waals surface area contributed by atoms with Gasteiger partial charge in [-0.2, -0.15) is 9.41 Å². The minimum absolute atomic E-state index is 0.0311. The van der Waals surface area contributed by atoms with Crippen molar-refractivity contribution in [2.45, 2.75) is 18.4 Å². The fourth-order valence-electron chi connectivity index (χ4n) is 2.91. The van der Waals surface area contributed by atoms with Gasteiger partial charge in [-0.3, -0.25) is 4.79 Å². The Morgan fingerprint density at radius 1 is 1.09 bits per heavy atom. The van der Waals surface area contributed by atoms with Crippen LogP contribution in [0.25, 0.3) is 0 Å². The molecule has 1 N–H and O–H groups in total. The van der Waals surface area contributed by atoms with Gasteiger partial charge in [0, 0.05) is 17.1 Å². The fourth-order valence-corrected chi connectivity index (χ4v) is 4.49. The van der Waals surface area contributed by atoms with Crippen LogP contribution in [0.3, 0.4) is 0 Å². The number of carbonyl (C=O) groups is 1. The molecule has 0 atom stereocenters. The zero-order valence-corrected chi connectivity index (χ0v) is 19.1. The first-order valence-electron chi connectivity index (χ1n) is 9.74. The van der Waals surface area contributed by atoms with Gasteiger partial charge in [0.05, 0.1) is 17.7 Å². The highest BCUT2D eigenvalue weighted by atomic mass is 35.5. The van der Waals surface area contributed by atoms with Crippen molar-refractivity contribution in [1.29, 1.82) is 0 Å². The van der Waals surface area contributed by atoms with Gasteiger partial charge in [0.1, 0.15) is 11.6 Å². The number of nitrogens with one attached hydrogen (secondary N) is 1. The molecule has 0 radical (unpaired) electrons. The molecule has 0 fully saturated rings. The molecule has 3 rings (SSSR count). The average Bonchev–Trinajstić information content (AvgIpc) is 2.76. The Morgan fingerprint density at radius 3 is 2.45 bits per heavy atom. The van der Waals surface area contributed by atoms with Crippen LogP contribution < -0.4 is 5.43 Å². The smallest absolute Gasteiger partial charge is 0.255 e. The summed E-state index contributed by atoms with van der Waals surface area (Å²) < 4.78 is 54.9. The Labute approximate surface area is 195 Å². The van der Waals surface area contributed by atoms with Crippen LogP contribution in [0.5, 0.6) is 0 Å². The highest BCUT2D eigenvalue weighted by Crippen LogP contribution is 2.24. The summed E-state index contributed by atoms with van der Waals surface area (Å²) >= 11 is 6.08. The lowest BCUT2D eigenvalue weighted by molar-refractivity contribution is -0.121. The number of hydrogen-bond donors (Lipinski definition) is 1. The summed E-state index contributed by atoms with van der Waals surface area (Å²) in [6.45, 7) is 0.682. The quantitative estimate of drug-likeness (QED) is 0.377. The van der Waals surface area contributed by atoms with E-state index in [0.29, 0.717) is 5.56 Å². The van der Waals surface area contributed by atoms with Gasteiger partial charge in [0.25, 0.3) is 5.91 Å². The number of aryl methyl sites for hydroxylation is 1. The Balaban J connectivity index is 1.84. The first kappa shape index (κ1) is 24.5. The molecular weight excluding hydrogens is 472 g/mol. The summed E-state index contributed by atoms with van der Waals surface area (Å²) in [6.07, 6.45) is 1.22. The van der Waals surface area contributed by atoms with Crippen LogP contribution in [0.4, 0.5) is 8.78 Å². The average molecular weight is 492 g/mol. The monoisotopic (exact) mass is 491 g/mol. The standard InChI is InChI=1S/C23H20ClF2N3O3S/c1-16-8-10-19(11-9-16)33(31,32)29(14-20-21(24)6-3-7-22(20)26)15-23(30)28-27-13-17-4-2-5-18(25)12-17/h2-13H,14-15H2,1H3,(H,28,30)/b27-13-. The fraction of sp³-hybridized carbons (Fsp3) is 0.130.